The van der Waals surface area contributed by atoms with Crippen molar-refractivity contribution in [1.29, 1.82) is 0 Å². The number of benzene rings is 2. The summed E-state index contributed by atoms with van der Waals surface area (Å²) < 4.78 is 0. The molecule has 2 aromatic carbocycles. The third-order valence-electron chi connectivity index (χ3n) is 5.25. The van der Waals surface area contributed by atoms with Gasteiger partial charge >= 0.3 is 0 Å². The Kier molecular flexibility index (Phi) is 5.00. The molecule has 1 aliphatic rings. The Bertz CT molecular complexity index is 726. The lowest BCUT2D eigenvalue weighted by atomic mass is 9.88. The topological polar surface area (TPSA) is 6.48 Å². The number of rotatable bonds is 4. The number of aryl methyl sites for hydroxylation is 1. The maximum atomic E-state index is 6.24. The predicted molar refractivity (Wildman–Crippen MR) is 105 cm³/mol. The highest BCUT2D eigenvalue weighted by Crippen LogP contribution is 2.36. The fourth-order valence-corrected chi connectivity index (χ4v) is 3.55. The minimum absolute atomic E-state index is 0.608. The maximum absolute atomic E-state index is 6.24. The molecule has 0 aromatic heterocycles. The highest BCUT2D eigenvalue weighted by Gasteiger charge is 2.24. The molecule has 24 heavy (non-hydrogen) atoms. The van der Waals surface area contributed by atoms with Gasteiger partial charge in [-0.2, -0.15) is 0 Å². The molecule has 0 amide bonds. The molecule has 1 atom stereocenters. The minimum atomic E-state index is 0.608. The molecule has 0 spiro atoms. The average Bonchev–Trinajstić information content (AvgIpc) is 2.60. The molecule has 0 N–H and O–H groups in total. The quantitative estimate of drug-likeness (QED) is 0.783. The van der Waals surface area contributed by atoms with Crippen LogP contribution < -0.4 is 10.4 Å². The Balaban J connectivity index is 2.08. The summed E-state index contributed by atoms with van der Waals surface area (Å²) in [7, 11) is 8.40. The molecule has 0 bridgehead atoms. The molecule has 0 saturated heterocycles. The minimum Gasteiger partial charge on any atom is -0.327 e. The third kappa shape index (κ3) is 3.10. The zero-order valence-electron chi connectivity index (χ0n) is 15.3. The van der Waals surface area contributed by atoms with Crippen molar-refractivity contribution in [2.24, 2.45) is 0 Å². The number of nitrogens with zero attached hydrogens (tertiary/aromatic N) is 2. The van der Waals surface area contributed by atoms with Gasteiger partial charge in [-0.25, -0.2) is 0 Å². The van der Waals surface area contributed by atoms with Crippen LogP contribution >= 0.6 is 0 Å². The van der Waals surface area contributed by atoms with E-state index in [0.717, 1.165) is 25.1 Å². The predicted octanol–water partition coefficient (Wildman–Crippen LogP) is 4.10. The maximum Gasteiger partial charge on any atom is 0.114 e. The summed E-state index contributed by atoms with van der Waals surface area (Å²) in [6.45, 7) is 8.60. The van der Waals surface area contributed by atoms with E-state index in [1.165, 1.54) is 34.5 Å². The van der Waals surface area contributed by atoms with Crippen molar-refractivity contribution in [3.8, 4) is 0 Å². The Hall–Kier alpha value is -1.74. The fourth-order valence-electron chi connectivity index (χ4n) is 3.55. The number of hydrogen-bond donors (Lipinski definition) is 0. The van der Waals surface area contributed by atoms with Crippen LogP contribution in [-0.2, 0) is 13.0 Å². The van der Waals surface area contributed by atoms with Gasteiger partial charge in [-0.3, -0.25) is 4.90 Å². The van der Waals surface area contributed by atoms with Gasteiger partial charge in [-0.05, 0) is 54.6 Å². The number of anilines is 2. The zero-order chi connectivity index (χ0) is 17.3. The summed E-state index contributed by atoms with van der Waals surface area (Å²) in [6, 6.07) is 13.2. The van der Waals surface area contributed by atoms with Crippen LogP contribution in [-0.4, -0.2) is 26.5 Å². The van der Waals surface area contributed by atoms with E-state index in [9.17, 15) is 0 Å². The molecule has 1 aliphatic heterocycles. The van der Waals surface area contributed by atoms with E-state index in [4.69, 9.17) is 7.85 Å². The van der Waals surface area contributed by atoms with Crippen LogP contribution in [0, 0.1) is 0 Å². The Morgan fingerprint density at radius 1 is 1.12 bits per heavy atom. The molecule has 124 valence electrons. The van der Waals surface area contributed by atoms with Gasteiger partial charge in [0.15, 0.2) is 0 Å². The van der Waals surface area contributed by atoms with Gasteiger partial charge in [0.05, 0.1) is 6.67 Å². The van der Waals surface area contributed by atoms with E-state index >= 15 is 0 Å². The Morgan fingerprint density at radius 2 is 1.92 bits per heavy atom. The van der Waals surface area contributed by atoms with Gasteiger partial charge in [-0.1, -0.05) is 50.5 Å². The SMILES string of the molecule is [B]c1cccc2c1CN(C)CN2c1ccc(C(C)CC)cc1CC. The van der Waals surface area contributed by atoms with Crippen LogP contribution in [0.5, 0.6) is 0 Å². The largest absolute Gasteiger partial charge is 0.327 e. The van der Waals surface area contributed by atoms with Crippen LogP contribution in [0.2, 0.25) is 0 Å². The van der Waals surface area contributed by atoms with Crippen molar-refractivity contribution < 1.29 is 0 Å². The lowest BCUT2D eigenvalue weighted by Gasteiger charge is -2.38. The van der Waals surface area contributed by atoms with Gasteiger partial charge in [0.2, 0.25) is 0 Å². The normalized spacial score (nSPS) is 16.1. The number of hydrogen-bond acceptors (Lipinski definition) is 2. The smallest absolute Gasteiger partial charge is 0.114 e. The molecule has 0 fully saturated rings. The van der Waals surface area contributed by atoms with E-state index in [2.05, 4.69) is 68.0 Å². The summed E-state index contributed by atoms with van der Waals surface area (Å²) in [5.74, 6) is 0.608. The summed E-state index contributed by atoms with van der Waals surface area (Å²) in [4.78, 5) is 4.73. The van der Waals surface area contributed by atoms with E-state index < -0.39 is 0 Å². The lowest BCUT2D eigenvalue weighted by molar-refractivity contribution is 0.322. The molecule has 2 nitrogen and oxygen atoms in total. The van der Waals surface area contributed by atoms with Crippen LogP contribution in [0.15, 0.2) is 36.4 Å². The number of fused-ring (bicyclic) bond motifs is 1. The molecule has 3 rings (SSSR count). The molecule has 1 heterocycles. The van der Waals surface area contributed by atoms with E-state index in [1.807, 2.05) is 6.07 Å². The van der Waals surface area contributed by atoms with Gasteiger partial charge in [0.1, 0.15) is 7.85 Å². The molecule has 2 radical (unpaired) electrons. The molecule has 0 aliphatic carbocycles. The average molecular weight is 318 g/mol. The first-order chi connectivity index (χ1) is 11.5. The van der Waals surface area contributed by atoms with Gasteiger partial charge in [0.25, 0.3) is 0 Å². The summed E-state index contributed by atoms with van der Waals surface area (Å²) in [5.41, 5.74) is 7.53. The van der Waals surface area contributed by atoms with Crippen molar-refractivity contribution in [3.05, 3.63) is 53.1 Å². The van der Waals surface area contributed by atoms with E-state index in [-0.39, 0.29) is 0 Å². The molecule has 2 aromatic rings. The lowest BCUT2D eigenvalue weighted by Crippen LogP contribution is -2.40. The van der Waals surface area contributed by atoms with Gasteiger partial charge in [0, 0.05) is 17.9 Å². The standard InChI is InChI=1S/C21H27BN2/c1-5-15(3)17-10-11-20(16(6-2)12-17)24-14-23(4)13-18-19(22)8-7-9-21(18)24/h7-12,15H,5-6,13-14H2,1-4H3. The van der Waals surface area contributed by atoms with Crippen molar-refractivity contribution >= 4 is 24.7 Å². The first-order valence-electron chi connectivity index (χ1n) is 9.01. The third-order valence-corrected chi connectivity index (χ3v) is 5.25. The van der Waals surface area contributed by atoms with Crippen LogP contribution in [0.4, 0.5) is 11.4 Å². The second kappa shape index (κ2) is 7.02. The summed E-state index contributed by atoms with van der Waals surface area (Å²) in [6.07, 6.45) is 2.21. The second-order valence-electron chi connectivity index (χ2n) is 6.98. The van der Waals surface area contributed by atoms with Gasteiger partial charge in [-0.15, -0.1) is 0 Å². The highest BCUT2D eigenvalue weighted by atomic mass is 15.3. The molecular formula is C21H27BN2. The Morgan fingerprint density at radius 3 is 2.62 bits per heavy atom. The first kappa shape index (κ1) is 17.1. The molecular weight excluding hydrogens is 291 g/mol. The van der Waals surface area contributed by atoms with E-state index in [0.29, 0.717) is 5.92 Å². The zero-order valence-corrected chi connectivity index (χ0v) is 15.3. The van der Waals surface area contributed by atoms with E-state index in [1.54, 1.807) is 0 Å². The summed E-state index contributed by atoms with van der Waals surface area (Å²) >= 11 is 0. The van der Waals surface area contributed by atoms with Gasteiger partial charge < -0.3 is 4.90 Å². The van der Waals surface area contributed by atoms with Crippen LogP contribution in [0.25, 0.3) is 0 Å². The van der Waals surface area contributed by atoms with Crippen molar-refractivity contribution in [1.82, 2.24) is 4.90 Å². The highest BCUT2D eigenvalue weighted by molar-refractivity contribution is 6.33. The monoisotopic (exact) mass is 318 g/mol. The van der Waals surface area contributed by atoms with Crippen LogP contribution in [0.1, 0.15) is 49.8 Å². The molecule has 0 saturated carbocycles. The van der Waals surface area contributed by atoms with Crippen molar-refractivity contribution in [2.75, 3.05) is 18.6 Å². The molecule has 3 heteroatoms. The second-order valence-corrected chi connectivity index (χ2v) is 6.98. The first-order valence-corrected chi connectivity index (χ1v) is 9.01. The fraction of sp³-hybridized carbons (Fsp3) is 0.429. The molecule has 1 unspecified atom stereocenters. The van der Waals surface area contributed by atoms with Crippen LogP contribution in [0.3, 0.4) is 0 Å². The van der Waals surface area contributed by atoms with Crippen molar-refractivity contribution in [2.45, 2.75) is 46.1 Å². The van der Waals surface area contributed by atoms with Crippen molar-refractivity contribution in [3.63, 3.8) is 0 Å². The summed E-state index contributed by atoms with van der Waals surface area (Å²) in [5, 5.41) is 0. The Labute approximate surface area is 147 Å².